The Morgan fingerprint density at radius 3 is 2.05 bits per heavy atom. The van der Waals surface area contributed by atoms with E-state index in [1.165, 1.54) is 6.92 Å². The van der Waals surface area contributed by atoms with Crippen molar-refractivity contribution in [3.63, 3.8) is 0 Å². The van der Waals surface area contributed by atoms with Crippen LogP contribution in [-0.2, 0) is 28.5 Å². The summed E-state index contributed by atoms with van der Waals surface area (Å²) in [4.78, 5) is 23.5. The highest BCUT2D eigenvalue weighted by atomic mass is 16.7. The van der Waals surface area contributed by atoms with E-state index in [1.807, 2.05) is 0 Å². The van der Waals surface area contributed by atoms with Crippen molar-refractivity contribution >= 4 is 11.9 Å². The summed E-state index contributed by atoms with van der Waals surface area (Å²) in [7, 11) is 0. The van der Waals surface area contributed by atoms with Crippen LogP contribution in [0.1, 0.15) is 65.2 Å². The predicted molar refractivity (Wildman–Crippen MR) is 145 cm³/mol. The molecule has 1 rings (SSSR count). The molecule has 1 aliphatic rings. The molecule has 1 aliphatic heterocycles. The van der Waals surface area contributed by atoms with Crippen LogP contribution in [0.15, 0.2) is 48.6 Å². The molecule has 10 heteroatoms. The van der Waals surface area contributed by atoms with E-state index in [4.69, 9.17) is 18.9 Å². The van der Waals surface area contributed by atoms with E-state index in [9.17, 15) is 30.0 Å². The lowest BCUT2D eigenvalue weighted by atomic mass is 9.99. The molecule has 0 radical (unpaired) electrons. The highest BCUT2D eigenvalue weighted by Gasteiger charge is 2.44. The smallest absolute Gasteiger partial charge is 0.306 e. The number of carbonyl (C=O) groups excluding carboxylic acids is 2. The van der Waals surface area contributed by atoms with Crippen molar-refractivity contribution in [3.8, 4) is 0 Å². The number of rotatable bonds is 19. The summed E-state index contributed by atoms with van der Waals surface area (Å²) in [6.07, 6.45) is 15.1. The molecule has 0 aromatic rings. The van der Waals surface area contributed by atoms with Crippen LogP contribution in [0.2, 0.25) is 0 Å². The average Bonchev–Trinajstić information content (AvgIpc) is 2.91. The number of ether oxygens (including phenoxy) is 4. The van der Waals surface area contributed by atoms with Gasteiger partial charge in [0.15, 0.2) is 12.4 Å². The zero-order valence-electron chi connectivity index (χ0n) is 23.1. The van der Waals surface area contributed by atoms with Gasteiger partial charge in [-0.3, -0.25) is 9.59 Å². The van der Waals surface area contributed by atoms with Gasteiger partial charge >= 0.3 is 11.9 Å². The quantitative estimate of drug-likeness (QED) is 0.107. The summed E-state index contributed by atoms with van der Waals surface area (Å²) in [6, 6.07) is 0. The number of esters is 2. The van der Waals surface area contributed by atoms with Gasteiger partial charge in [0.1, 0.15) is 31.0 Å². The van der Waals surface area contributed by atoms with Gasteiger partial charge in [0.25, 0.3) is 0 Å². The molecule has 6 unspecified atom stereocenters. The molecule has 1 heterocycles. The minimum Gasteiger partial charge on any atom is -0.462 e. The zero-order chi connectivity index (χ0) is 28.9. The molecule has 0 aromatic carbocycles. The van der Waals surface area contributed by atoms with E-state index < -0.39 is 55.4 Å². The zero-order valence-corrected chi connectivity index (χ0v) is 23.1. The summed E-state index contributed by atoms with van der Waals surface area (Å²) < 4.78 is 21.0. The third-order valence-electron chi connectivity index (χ3n) is 5.79. The second-order valence-electron chi connectivity index (χ2n) is 9.19. The van der Waals surface area contributed by atoms with E-state index >= 15 is 0 Å². The lowest BCUT2D eigenvalue weighted by molar-refractivity contribution is -0.305. The molecule has 0 spiro atoms. The monoisotopic (exact) mass is 554 g/mol. The number of carbonyl (C=O) groups is 2. The molecule has 1 saturated heterocycles. The van der Waals surface area contributed by atoms with Gasteiger partial charge < -0.3 is 39.4 Å². The molecule has 4 N–H and O–H groups in total. The van der Waals surface area contributed by atoms with Gasteiger partial charge in [-0.05, 0) is 44.9 Å². The van der Waals surface area contributed by atoms with Gasteiger partial charge in [-0.25, -0.2) is 0 Å². The van der Waals surface area contributed by atoms with Crippen LogP contribution in [0.4, 0.5) is 0 Å². The summed E-state index contributed by atoms with van der Waals surface area (Å²) in [6.45, 7) is 2.17. The fourth-order valence-corrected chi connectivity index (χ4v) is 3.61. The second kappa shape index (κ2) is 21.5. The van der Waals surface area contributed by atoms with Crippen molar-refractivity contribution < 1.29 is 49.0 Å². The fourth-order valence-electron chi connectivity index (χ4n) is 3.61. The standard InChI is InChI=1S/C29H46O10/c1-3-4-5-6-7-8-9-10-11-12-13-14-15-16-17-18-25(32)38-23(20-36-22(2)31)21-37-29-28(35)27(34)26(33)24(19-30)39-29/h4-5,7-8,10-11,13-14,23-24,26-30,33-35H,3,6,9,12,15-21H2,1-2H3/b5-4-,8-7-,11-10-,14-13-. The van der Waals surface area contributed by atoms with Crippen molar-refractivity contribution in [2.45, 2.75) is 102 Å². The van der Waals surface area contributed by atoms with Crippen LogP contribution >= 0.6 is 0 Å². The summed E-state index contributed by atoms with van der Waals surface area (Å²) in [5.41, 5.74) is 0. The van der Waals surface area contributed by atoms with Crippen LogP contribution in [0.25, 0.3) is 0 Å². The van der Waals surface area contributed by atoms with Gasteiger partial charge in [-0.2, -0.15) is 0 Å². The first-order chi connectivity index (χ1) is 18.8. The number of unbranched alkanes of at least 4 members (excludes halogenated alkanes) is 2. The van der Waals surface area contributed by atoms with Crippen molar-refractivity contribution in [2.24, 2.45) is 0 Å². The van der Waals surface area contributed by atoms with Gasteiger partial charge in [0.05, 0.1) is 13.2 Å². The Kier molecular flexibility index (Phi) is 19.1. The number of allylic oxidation sites excluding steroid dienone is 8. The Balaban J connectivity index is 2.32. The average molecular weight is 555 g/mol. The van der Waals surface area contributed by atoms with Crippen LogP contribution in [0.5, 0.6) is 0 Å². The maximum absolute atomic E-state index is 12.3. The van der Waals surface area contributed by atoms with E-state index in [-0.39, 0.29) is 19.6 Å². The van der Waals surface area contributed by atoms with E-state index in [2.05, 4.69) is 55.5 Å². The first kappa shape index (κ1) is 34.7. The number of aliphatic hydroxyl groups excluding tert-OH is 4. The van der Waals surface area contributed by atoms with Crippen LogP contribution in [0, 0.1) is 0 Å². The second-order valence-corrected chi connectivity index (χ2v) is 9.19. The molecular weight excluding hydrogens is 508 g/mol. The van der Waals surface area contributed by atoms with E-state index in [1.54, 1.807) is 0 Å². The van der Waals surface area contributed by atoms with Crippen molar-refractivity contribution in [3.05, 3.63) is 48.6 Å². The molecule has 0 aliphatic carbocycles. The molecule has 39 heavy (non-hydrogen) atoms. The highest BCUT2D eigenvalue weighted by Crippen LogP contribution is 2.22. The SMILES string of the molecule is CC/C=C\C/C=C\C/C=C\C/C=C\CCCCC(=O)OC(COC(C)=O)COC1OC(CO)C(O)C(O)C1O. The number of hydrogen-bond acceptors (Lipinski definition) is 10. The van der Waals surface area contributed by atoms with Gasteiger partial charge in [-0.15, -0.1) is 0 Å². The molecule has 10 nitrogen and oxygen atoms in total. The molecule has 0 saturated carbocycles. The minimum atomic E-state index is -1.60. The third kappa shape index (κ3) is 15.7. The topological polar surface area (TPSA) is 152 Å². The fraction of sp³-hybridized carbons (Fsp3) is 0.655. The first-order valence-electron chi connectivity index (χ1n) is 13.6. The van der Waals surface area contributed by atoms with Crippen LogP contribution in [0.3, 0.4) is 0 Å². The van der Waals surface area contributed by atoms with Crippen molar-refractivity contribution in [1.82, 2.24) is 0 Å². The van der Waals surface area contributed by atoms with Crippen LogP contribution < -0.4 is 0 Å². The van der Waals surface area contributed by atoms with Gasteiger partial charge in [0.2, 0.25) is 0 Å². The maximum atomic E-state index is 12.3. The third-order valence-corrected chi connectivity index (χ3v) is 5.79. The largest absolute Gasteiger partial charge is 0.462 e. The Labute approximate surface area is 231 Å². The van der Waals surface area contributed by atoms with Gasteiger partial charge in [-0.1, -0.05) is 55.5 Å². The number of hydrogen-bond donors (Lipinski definition) is 4. The molecular formula is C29H46O10. The van der Waals surface area contributed by atoms with Crippen molar-refractivity contribution in [2.75, 3.05) is 19.8 Å². The maximum Gasteiger partial charge on any atom is 0.306 e. The Bertz CT molecular complexity index is 789. The lowest BCUT2D eigenvalue weighted by Gasteiger charge is -2.39. The normalized spacial score (nSPS) is 24.7. The molecule has 0 aromatic heterocycles. The summed E-state index contributed by atoms with van der Waals surface area (Å²) in [5, 5.41) is 39.1. The molecule has 222 valence electrons. The summed E-state index contributed by atoms with van der Waals surface area (Å²) >= 11 is 0. The molecule has 0 amide bonds. The van der Waals surface area contributed by atoms with Crippen LogP contribution in [-0.4, -0.2) is 89.0 Å². The number of aliphatic hydroxyl groups is 4. The van der Waals surface area contributed by atoms with E-state index in [0.717, 1.165) is 38.5 Å². The lowest BCUT2D eigenvalue weighted by Crippen LogP contribution is -2.59. The summed E-state index contributed by atoms with van der Waals surface area (Å²) in [5.74, 6) is -1.06. The minimum absolute atomic E-state index is 0.171. The highest BCUT2D eigenvalue weighted by molar-refractivity contribution is 5.69. The Hall–Kier alpha value is -2.34. The van der Waals surface area contributed by atoms with Crippen molar-refractivity contribution in [1.29, 1.82) is 0 Å². The molecule has 0 bridgehead atoms. The Morgan fingerprint density at radius 2 is 1.46 bits per heavy atom. The molecule has 1 fully saturated rings. The molecule has 6 atom stereocenters. The van der Waals surface area contributed by atoms with E-state index in [0.29, 0.717) is 6.42 Å². The Morgan fingerprint density at radius 1 is 0.846 bits per heavy atom. The first-order valence-corrected chi connectivity index (χ1v) is 13.6. The van der Waals surface area contributed by atoms with Gasteiger partial charge in [0, 0.05) is 13.3 Å². The predicted octanol–water partition coefficient (Wildman–Crippen LogP) is 2.64.